The molecule has 0 aliphatic heterocycles. The van der Waals surface area contributed by atoms with Crippen LogP contribution in [0.4, 0.5) is 17.1 Å². The lowest BCUT2D eigenvalue weighted by Gasteiger charge is -2.27. The van der Waals surface area contributed by atoms with Gasteiger partial charge in [0, 0.05) is 47.9 Å². The molecule has 0 fully saturated rings. The molecular formula is C36H29N5O7. The molecule has 0 spiro atoms. The predicted octanol–water partition coefficient (Wildman–Crippen LogP) is 6.87. The molecule has 0 saturated heterocycles. The zero-order valence-electron chi connectivity index (χ0n) is 25.4. The van der Waals surface area contributed by atoms with Crippen LogP contribution in [0.15, 0.2) is 133 Å². The number of carbonyl (C=O) groups is 2. The summed E-state index contributed by atoms with van der Waals surface area (Å²) in [7, 11) is 0. The second-order valence-corrected chi connectivity index (χ2v) is 11.0. The van der Waals surface area contributed by atoms with Gasteiger partial charge in [0.15, 0.2) is 0 Å². The average Bonchev–Trinajstić information content (AvgIpc) is 3.10. The van der Waals surface area contributed by atoms with E-state index in [4.69, 9.17) is 4.99 Å². The maximum atomic E-state index is 13.3. The van der Waals surface area contributed by atoms with Crippen molar-refractivity contribution < 1.29 is 24.5 Å². The summed E-state index contributed by atoms with van der Waals surface area (Å²) >= 11 is 0. The lowest BCUT2D eigenvalue weighted by molar-refractivity contribution is -0.385. The number of hydrogen-bond acceptors (Lipinski definition) is 8. The number of amides is 1. The Morgan fingerprint density at radius 3 is 1.83 bits per heavy atom. The van der Waals surface area contributed by atoms with Crippen molar-refractivity contribution in [2.45, 2.75) is 18.9 Å². The van der Waals surface area contributed by atoms with E-state index in [1.807, 2.05) is 30.3 Å². The van der Waals surface area contributed by atoms with Gasteiger partial charge in [-0.3, -0.25) is 39.8 Å². The smallest absolute Gasteiger partial charge is 0.315 e. The van der Waals surface area contributed by atoms with E-state index in [-0.39, 0.29) is 29.9 Å². The molecule has 0 aliphatic carbocycles. The highest BCUT2D eigenvalue weighted by Crippen LogP contribution is 2.35. The Bertz CT molecular complexity index is 1890. The van der Waals surface area contributed by atoms with Crippen LogP contribution in [0.2, 0.25) is 0 Å². The van der Waals surface area contributed by atoms with Crippen LogP contribution in [0, 0.1) is 25.6 Å². The molecule has 48 heavy (non-hydrogen) atoms. The van der Waals surface area contributed by atoms with Crippen LogP contribution in [0.25, 0.3) is 0 Å². The van der Waals surface area contributed by atoms with Crippen LogP contribution in [0.5, 0.6) is 0 Å². The average molecular weight is 644 g/mol. The highest BCUT2D eigenvalue weighted by atomic mass is 16.6. The summed E-state index contributed by atoms with van der Waals surface area (Å²) in [5.41, 5.74) is 1.02. The van der Waals surface area contributed by atoms with Crippen LogP contribution < -0.4 is 5.32 Å². The SMILES string of the molecule is O=C(Nc1ccccc1C(N=CC(Cc1ccc([N+](=O)[O-])cc1)(Cc1ccc([N+](=O)[O-])cc1)C(=O)O)c1ccccc1)c1ccccn1. The second kappa shape index (κ2) is 14.7. The summed E-state index contributed by atoms with van der Waals surface area (Å²) in [4.78, 5) is 56.8. The van der Waals surface area contributed by atoms with Gasteiger partial charge in [-0.05, 0) is 47.7 Å². The molecule has 12 nitrogen and oxygen atoms in total. The Hall–Kier alpha value is -6.56. The molecule has 1 heterocycles. The van der Waals surface area contributed by atoms with Crippen molar-refractivity contribution in [1.82, 2.24) is 4.98 Å². The van der Waals surface area contributed by atoms with Crippen molar-refractivity contribution in [2.24, 2.45) is 10.4 Å². The number of nitrogens with zero attached hydrogens (tertiary/aromatic N) is 4. The van der Waals surface area contributed by atoms with Crippen molar-refractivity contribution in [3.63, 3.8) is 0 Å². The Morgan fingerprint density at radius 1 is 0.771 bits per heavy atom. The maximum absolute atomic E-state index is 13.3. The van der Waals surface area contributed by atoms with Crippen molar-refractivity contribution in [3.8, 4) is 0 Å². The summed E-state index contributed by atoms with van der Waals surface area (Å²) < 4.78 is 0. The van der Waals surface area contributed by atoms with Gasteiger partial charge < -0.3 is 10.4 Å². The first-order valence-electron chi connectivity index (χ1n) is 14.8. The number of para-hydroxylation sites is 1. The van der Waals surface area contributed by atoms with Crippen molar-refractivity contribution >= 4 is 35.2 Å². The lowest BCUT2D eigenvalue weighted by atomic mass is 9.77. The number of nitrogens with one attached hydrogen (secondary N) is 1. The number of nitro benzene ring substituents is 2. The zero-order valence-corrected chi connectivity index (χ0v) is 25.4. The van der Waals surface area contributed by atoms with Crippen LogP contribution in [-0.4, -0.2) is 38.0 Å². The van der Waals surface area contributed by atoms with E-state index in [1.165, 1.54) is 60.9 Å². The molecule has 0 radical (unpaired) electrons. The predicted molar refractivity (Wildman–Crippen MR) is 179 cm³/mol. The number of carboxylic acids is 1. The first kappa shape index (κ1) is 32.8. The number of aromatic nitrogens is 1. The molecule has 240 valence electrons. The number of benzene rings is 4. The van der Waals surface area contributed by atoms with Gasteiger partial charge in [0.1, 0.15) is 17.2 Å². The monoisotopic (exact) mass is 643 g/mol. The van der Waals surface area contributed by atoms with E-state index in [9.17, 15) is 34.9 Å². The number of pyridine rings is 1. The molecule has 2 N–H and O–H groups in total. The number of aliphatic carboxylic acids is 1. The van der Waals surface area contributed by atoms with Crippen LogP contribution >= 0.6 is 0 Å². The molecule has 5 rings (SSSR count). The van der Waals surface area contributed by atoms with Crippen molar-refractivity contribution in [2.75, 3.05) is 5.32 Å². The molecule has 0 saturated carbocycles. The molecule has 12 heteroatoms. The minimum Gasteiger partial charge on any atom is -0.481 e. The third kappa shape index (κ3) is 7.80. The quantitative estimate of drug-likeness (QED) is 0.0793. The van der Waals surface area contributed by atoms with Gasteiger partial charge >= 0.3 is 5.97 Å². The van der Waals surface area contributed by atoms with Gasteiger partial charge in [0.25, 0.3) is 17.3 Å². The van der Waals surface area contributed by atoms with Crippen LogP contribution in [-0.2, 0) is 17.6 Å². The Kier molecular flexibility index (Phi) is 10.0. The Balaban J connectivity index is 1.60. The number of anilines is 1. The van der Waals surface area contributed by atoms with Gasteiger partial charge in [-0.25, -0.2) is 0 Å². The summed E-state index contributed by atoms with van der Waals surface area (Å²) in [5.74, 6) is -1.65. The van der Waals surface area contributed by atoms with E-state index < -0.39 is 33.2 Å². The van der Waals surface area contributed by atoms with Gasteiger partial charge in [0.2, 0.25) is 0 Å². The normalized spacial score (nSPS) is 11.9. The topological polar surface area (TPSA) is 178 Å². The van der Waals surface area contributed by atoms with Gasteiger partial charge in [-0.1, -0.05) is 78.9 Å². The van der Waals surface area contributed by atoms with E-state index in [0.717, 1.165) is 5.56 Å². The lowest BCUT2D eigenvalue weighted by Crippen LogP contribution is -2.37. The van der Waals surface area contributed by atoms with Gasteiger partial charge in [-0.2, -0.15) is 0 Å². The highest BCUT2D eigenvalue weighted by molar-refractivity contribution is 6.03. The molecule has 5 aromatic rings. The number of non-ortho nitro benzene ring substituents is 2. The number of aliphatic imine (C=N–C) groups is 1. The molecule has 0 bridgehead atoms. The standard InChI is InChI=1S/C36H29N5O7/c42-34(32-12-6-7-21-37-32)39-31-11-5-4-10-30(31)33(27-8-2-1-3-9-27)38-24-36(35(43)44,22-25-13-17-28(18-14-25)40(45)46)23-26-15-19-29(20-16-26)41(47)48/h1-21,24,33H,22-23H2,(H,39,42)(H,43,44). The summed E-state index contributed by atoms with van der Waals surface area (Å²) in [6, 6.07) is 31.7. The minimum absolute atomic E-state index is 0.0968. The molecule has 1 atom stereocenters. The molecule has 1 aromatic heterocycles. The van der Waals surface area contributed by atoms with Crippen molar-refractivity contribution in [3.05, 3.63) is 176 Å². The molecular weight excluding hydrogens is 614 g/mol. The highest BCUT2D eigenvalue weighted by Gasteiger charge is 2.38. The summed E-state index contributed by atoms with van der Waals surface area (Å²) in [6.07, 6.45) is 2.69. The second-order valence-electron chi connectivity index (χ2n) is 11.0. The fraction of sp³-hybridized carbons (Fsp3) is 0.111. The number of nitro groups is 2. The number of hydrogen-bond donors (Lipinski definition) is 2. The third-order valence-corrected chi connectivity index (χ3v) is 7.75. The number of carboxylic acid groups (broad SMARTS) is 1. The fourth-order valence-electron chi connectivity index (χ4n) is 5.29. The first-order valence-corrected chi connectivity index (χ1v) is 14.8. The molecule has 1 unspecified atom stereocenters. The minimum atomic E-state index is -1.69. The Labute approximate surface area is 274 Å². The van der Waals surface area contributed by atoms with Gasteiger partial charge in [-0.15, -0.1) is 0 Å². The number of carbonyl (C=O) groups excluding carboxylic acids is 1. The number of rotatable bonds is 13. The van der Waals surface area contributed by atoms with E-state index in [0.29, 0.717) is 22.4 Å². The van der Waals surface area contributed by atoms with E-state index in [2.05, 4.69) is 10.3 Å². The van der Waals surface area contributed by atoms with Crippen LogP contribution in [0.3, 0.4) is 0 Å². The van der Waals surface area contributed by atoms with Crippen molar-refractivity contribution in [1.29, 1.82) is 0 Å². The molecule has 0 aliphatic rings. The van der Waals surface area contributed by atoms with Gasteiger partial charge in [0.05, 0.1) is 9.85 Å². The first-order chi connectivity index (χ1) is 23.1. The Morgan fingerprint density at radius 2 is 1.31 bits per heavy atom. The zero-order chi connectivity index (χ0) is 34.1. The van der Waals surface area contributed by atoms with E-state index in [1.54, 1.807) is 42.5 Å². The largest absolute Gasteiger partial charge is 0.481 e. The molecule has 4 aromatic carbocycles. The molecule has 1 amide bonds. The van der Waals surface area contributed by atoms with Crippen LogP contribution in [0.1, 0.15) is 38.8 Å². The maximum Gasteiger partial charge on any atom is 0.315 e. The summed E-state index contributed by atoms with van der Waals surface area (Å²) in [6.45, 7) is 0. The van der Waals surface area contributed by atoms with E-state index >= 15 is 0 Å². The summed E-state index contributed by atoms with van der Waals surface area (Å²) in [5, 5.41) is 36.2. The third-order valence-electron chi connectivity index (χ3n) is 7.75. The fourth-order valence-corrected chi connectivity index (χ4v) is 5.29.